The Morgan fingerprint density at radius 3 is 2.89 bits per heavy atom. The molecule has 1 unspecified atom stereocenters. The molecule has 1 atom stereocenters. The van der Waals surface area contributed by atoms with Gasteiger partial charge in [0, 0.05) is 33.4 Å². The lowest BCUT2D eigenvalue weighted by molar-refractivity contribution is 0.0934. The van der Waals surface area contributed by atoms with E-state index in [9.17, 15) is 4.79 Å². The van der Waals surface area contributed by atoms with Gasteiger partial charge in [-0.2, -0.15) is 0 Å². The average molecular weight is 286 g/mol. The van der Waals surface area contributed by atoms with Crippen LogP contribution in [0, 0.1) is 0 Å². The third-order valence-corrected chi connectivity index (χ3v) is 3.97. The Kier molecular flexibility index (Phi) is 6.04. The number of aromatic nitrogens is 1. The number of hydrogen-bond acceptors (Lipinski definition) is 6. The number of carbonyl (C=O) groups is 1. The van der Waals surface area contributed by atoms with Gasteiger partial charge in [0.15, 0.2) is 5.13 Å². The molecule has 1 amide bonds. The minimum atomic E-state index is -0.172. The van der Waals surface area contributed by atoms with Crippen LogP contribution in [0.4, 0.5) is 10.9 Å². The van der Waals surface area contributed by atoms with Crippen molar-refractivity contribution in [1.82, 2.24) is 10.3 Å². The van der Waals surface area contributed by atoms with Crippen molar-refractivity contribution in [3.63, 3.8) is 0 Å². The van der Waals surface area contributed by atoms with Gasteiger partial charge in [-0.1, -0.05) is 11.3 Å². The van der Waals surface area contributed by atoms with Gasteiger partial charge >= 0.3 is 0 Å². The van der Waals surface area contributed by atoms with Gasteiger partial charge in [-0.25, -0.2) is 4.98 Å². The van der Waals surface area contributed by atoms with E-state index in [1.54, 1.807) is 7.11 Å². The summed E-state index contributed by atoms with van der Waals surface area (Å²) >= 11 is 1.31. The first-order chi connectivity index (χ1) is 8.99. The Labute approximate surface area is 118 Å². The summed E-state index contributed by atoms with van der Waals surface area (Å²) in [5.74, 6) is 0.117. The topological polar surface area (TPSA) is 80.5 Å². The van der Waals surface area contributed by atoms with Crippen LogP contribution in [0.3, 0.4) is 0 Å². The predicted molar refractivity (Wildman–Crippen MR) is 78.9 cm³/mol. The van der Waals surface area contributed by atoms with Crippen molar-refractivity contribution in [2.45, 2.75) is 26.3 Å². The molecule has 1 aromatic rings. The van der Waals surface area contributed by atoms with Crippen LogP contribution in [0.25, 0.3) is 0 Å². The largest absolute Gasteiger partial charge is 0.385 e. The Hall–Kier alpha value is -1.34. The molecule has 1 rings (SSSR count). The van der Waals surface area contributed by atoms with Crippen molar-refractivity contribution >= 4 is 28.2 Å². The molecule has 1 aromatic heterocycles. The SMILES string of the molecule is CCN(C)c1nc(N)c(C(=O)NC(C)CCOC)s1. The van der Waals surface area contributed by atoms with Gasteiger partial charge in [-0.3, -0.25) is 4.79 Å². The molecular formula is C12H22N4O2S. The number of rotatable bonds is 7. The fraction of sp³-hybridized carbons (Fsp3) is 0.667. The molecule has 0 spiro atoms. The maximum absolute atomic E-state index is 12.1. The van der Waals surface area contributed by atoms with Crippen LogP contribution in [0.15, 0.2) is 0 Å². The zero-order chi connectivity index (χ0) is 14.4. The van der Waals surface area contributed by atoms with Crippen LogP contribution in [-0.2, 0) is 4.74 Å². The van der Waals surface area contributed by atoms with Crippen molar-refractivity contribution in [1.29, 1.82) is 0 Å². The number of hydrogen-bond donors (Lipinski definition) is 2. The lowest BCUT2D eigenvalue weighted by Crippen LogP contribution is -2.33. The van der Waals surface area contributed by atoms with Crippen LogP contribution in [0.1, 0.15) is 29.9 Å². The van der Waals surface area contributed by atoms with E-state index >= 15 is 0 Å². The first-order valence-electron chi connectivity index (χ1n) is 6.26. The summed E-state index contributed by atoms with van der Waals surface area (Å²) in [6.45, 7) is 5.39. The van der Waals surface area contributed by atoms with Crippen molar-refractivity contribution in [2.75, 3.05) is 37.9 Å². The summed E-state index contributed by atoms with van der Waals surface area (Å²) in [7, 11) is 3.56. The highest BCUT2D eigenvalue weighted by Gasteiger charge is 2.18. The molecule has 7 heteroatoms. The highest BCUT2D eigenvalue weighted by atomic mass is 32.1. The molecule has 0 saturated heterocycles. The molecule has 3 N–H and O–H groups in total. The van der Waals surface area contributed by atoms with Crippen LogP contribution >= 0.6 is 11.3 Å². The van der Waals surface area contributed by atoms with Crippen molar-refractivity contribution in [3.8, 4) is 0 Å². The van der Waals surface area contributed by atoms with E-state index in [1.165, 1.54) is 11.3 Å². The third kappa shape index (κ3) is 4.36. The average Bonchev–Trinajstić information content (AvgIpc) is 2.77. The van der Waals surface area contributed by atoms with Crippen LogP contribution in [0.5, 0.6) is 0 Å². The molecule has 0 bridgehead atoms. The molecule has 0 aliphatic carbocycles. The lowest BCUT2D eigenvalue weighted by atomic mass is 10.2. The summed E-state index contributed by atoms with van der Waals surface area (Å²) in [5.41, 5.74) is 5.80. The summed E-state index contributed by atoms with van der Waals surface area (Å²) in [5, 5.41) is 3.65. The predicted octanol–water partition coefficient (Wildman–Crippen LogP) is 1.34. The second kappa shape index (κ2) is 7.30. The summed E-state index contributed by atoms with van der Waals surface area (Å²) < 4.78 is 4.98. The van der Waals surface area contributed by atoms with E-state index in [2.05, 4.69) is 10.3 Å². The van der Waals surface area contributed by atoms with Crippen molar-refractivity contribution in [2.24, 2.45) is 0 Å². The summed E-state index contributed by atoms with van der Waals surface area (Å²) in [6.07, 6.45) is 0.767. The fourth-order valence-electron chi connectivity index (χ4n) is 1.44. The second-order valence-electron chi connectivity index (χ2n) is 4.38. The molecular weight excluding hydrogens is 264 g/mol. The van der Waals surface area contributed by atoms with Crippen LogP contribution in [0.2, 0.25) is 0 Å². The molecule has 0 fully saturated rings. The first kappa shape index (κ1) is 15.7. The number of ether oxygens (including phenoxy) is 1. The Morgan fingerprint density at radius 1 is 1.63 bits per heavy atom. The molecule has 0 aliphatic heterocycles. The molecule has 0 radical (unpaired) electrons. The Bertz CT molecular complexity index is 422. The third-order valence-electron chi connectivity index (χ3n) is 2.78. The molecule has 0 aliphatic rings. The van der Waals surface area contributed by atoms with Gasteiger partial charge in [-0.05, 0) is 20.3 Å². The van der Waals surface area contributed by atoms with E-state index in [4.69, 9.17) is 10.5 Å². The quantitative estimate of drug-likeness (QED) is 0.790. The zero-order valence-electron chi connectivity index (χ0n) is 11.9. The smallest absolute Gasteiger partial charge is 0.265 e. The van der Waals surface area contributed by atoms with Gasteiger partial charge in [0.05, 0.1) is 0 Å². The number of amides is 1. The highest BCUT2D eigenvalue weighted by molar-refractivity contribution is 7.18. The molecule has 0 aromatic carbocycles. The molecule has 6 nitrogen and oxygen atoms in total. The minimum absolute atomic E-state index is 0.0429. The normalized spacial score (nSPS) is 12.2. The number of nitrogens with two attached hydrogens (primary N) is 1. The zero-order valence-corrected chi connectivity index (χ0v) is 12.7. The second-order valence-corrected chi connectivity index (χ2v) is 5.36. The van der Waals surface area contributed by atoms with Gasteiger partial charge < -0.3 is 20.7 Å². The standard InChI is InChI=1S/C12H22N4O2S/c1-5-16(3)12-15-10(13)9(19-12)11(17)14-8(2)6-7-18-4/h8H,5-7,13H2,1-4H3,(H,14,17). The van der Waals surface area contributed by atoms with E-state index in [1.807, 2.05) is 25.8 Å². The summed E-state index contributed by atoms with van der Waals surface area (Å²) in [6, 6.07) is 0.0429. The van der Waals surface area contributed by atoms with Crippen LogP contribution in [-0.4, -0.2) is 44.2 Å². The maximum Gasteiger partial charge on any atom is 0.265 e. The van der Waals surface area contributed by atoms with Crippen LogP contribution < -0.4 is 16.0 Å². The number of carbonyl (C=O) groups excluding carboxylic acids is 1. The van der Waals surface area contributed by atoms with Crippen molar-refractivity contribution < 1.29 is 9.53 Å². The van der Waals surface area contributed by atoms with Gasteiger partial charge in [0.2, 0.25) is 0 Å². The number of anilines is 2. The maximum atomic E-state index is 12.1. The molecule has 108 valence electrons. The lowest BCUT2D eigenvalue weighted by Gasteiger charge is -2.12. The highest BCUT2D eigenvalue weighted by Crippen LogP contribution is 2.27. The Balaban J connectivity index is 2.69. The van der Waals surface area contributed by atoms with E-state index in [0.717, 1.165) is 18.1 Å². The number of nitrogens with zero attached hydrogens (tertiary/aromatic N) is 2. The Morgan fingerprint density at radius 2 is 2.32 bits per heavy atom. The fourth-order valence-corrected chi connectivity index (χ4v) is 2.35. The van der Waals surface area contributed by atoms with Gasteiger partial charge in [0.1, 0.15) is 10.7 Å². The number of thiazole rings is 1. The van der Waals surface area contributed by atoms with E-state index in [0.29, 0.717) is 11.5 Å². The van der Waals surface area contributed by atoms with Crippen molar-refractivity contribution in [3.05, 3.63) is 4.88 Å². The number of nitrogen functional groups attached to an aromatic ring is 1. The summed E-state index contributed by atoms with van der Waals surface area (Å²) in [4.78, 5) is 18.7. The van der Waals surface area contributed by atoms with E-state index < -0.39 is 0 Å². The van der Waals surface area contributed by atoms with Gasteiger partial charge in [0.25, 0.3) is 5.91 Å². The van der Waals surface area contributed by atoms with E-state index in [-0.39, 0.29) is 17.8 Å². The number of nitrogens with one attached hydrogen (secondary N) is 1. The molecule has 1 heterocycles. The van der Waals surface area contributed by atoms with Gasteiger partial charge in [-0.15, -0.1) is 0 Å². The minimum Gasteiger partial charge on any atom is -0.385 e. The first-order valence-corrected chi connectivity index (χ1v) is 7.08. The monoisotopic (exact) mass is 286 g/mol. The number of methoxy groups -OCH3 is 1. The molecule has 0 saturated carbocycles. The molecule has 19 heavy (non-hydrogen) atoms.